The fraction of sp³-hybridized carbons (Fsp3) is 0.0128. The van der Waals surface area contributed by atoms with E-state index in [0.717, 1.165) is 83.2 Å². The maximum atomic E-state index is 7.60. The molecule has 17 aromatic rings. The lowest BCUT2D eigenvalue weighted by Crippen LogP contribution is -2.22. The summed E-state index contributed by atoms with van der Waals surface area (Å²) >= 11 is 0. The molecule has 0 atom stereocenters. The van der Waals surface area contributed by atoms with Gasteiger partial charge in [-0.25, -0.2) is 4.99 Å². The highest BCUT2D eigenvalue weighted by molar-refractivity contribution is 6.27. The van der Waals surface area contributed by atoms with Gasteiger partial charge >= 0.3 is 0 Å². The molecule has 0 unspecified atom stereocenters. The molecule has 6 heteroatoms. The summed E-state index contributed by atoms with van der Waals surface area (Å²) in [5.41, 5.74) is 27.6. The number of hydrogen-bond acceptors (Lipinski definition) is 1. The molecule has 84 heavy (non-hydrogen) atoms. The van der Waals surface area contributed by atoms with Gasteiger partial charge in [-0.15, -0.1) is 0 Å². The fourth-order valence-electron chi connectivity index (χ4n) is 13.7. The topological polar surface area (TPSA) is 58.1 Å². The molecule has 0 aliphatic carbocycles. The molecule has 0 aliphatic rings. The largest absolute Gasteiger partial charge is 0.369 e. The van der Waals surface area contributed by atoms with Gasteiger partial charge in [0.15, 0.2) is 0 Å². The molecule has 4 heterocycles. The average molecular weight is 1070 g/mol. The van der Waals surface area contributed by atoms with Gasteiger partial charge in [0, 0.05) is 60.2 Å². The van der Waals surface area contributed by atoms with E-state index in [1.165, 1.54) is 70.9 Å². The third-order valence-corrected chi connectivity index (χ3v) is 17.4. The Kier molecular flexibility index (Phi) is 10.7. The Morgan fingerprint density at radius 3 is 1.33 bits per heavy atom. The zero-order valence-corrected chi connectivity index (χ0v) is 45.7. The first-order valence-electron chi connectivity index (χ1n) is 28.8. The summed E-state index contributed by atoms with van der Waals surface area (Å²) in [5, 5.41) is 11.8. The minimum atomic E-state index is 0.397. The van der Waals surface area contributed by atoms with Crippen LogP contribution >= 0.6 is 0 Å². The Hall–Kier alpha value is -11.2. The van der Waals surface area contributed by atoms with Gasteiger partial charge in [0.05, 0.1) is 49.8 Å². The average Bonchev–Trinajstić information content (AvgIpc) is 1.67. The fourth-order valence-corrected chi connectivity index (χ4v) is 13.7. The summed E-state index contributed by atoms with van der Waals surface area (Å²) in [4.78, 5) is 5.44. The van der Waals surface area contributed by atoms with Crippen molar-refractivity contribution in [2.75, 3.05) is 0 Å². The van der Waals surface area contributed by atoms with Crippen molar-refractivity contribution in [1.82, 2.24) is 18.3 Å². The van der Waals surface area contributed by atoms with Crippen molar-refractivity contribution in [3.63, 3.8) is 0 Å². The summed E-state index contributed by atoms with van der Waals surface area (Å²) in [6.07, 6.45) is 0.696. The predicted octanol–water partition coefficient (Wildman–Crippen LogP) is 19.7. The van der Waals surface area contributed by atoms with Crippen LogP contribution in [0.4, 0.5) is 5.69 Å². The van der Waals surface area contributed by atoms with Crippen molar-refractivity contribution >= 4 is 110 Å². The summed E-state index contributed by atoms with van der Waals surface area (Å²) in [6.45, 7) is 0. The van der Waals surface area contributed by atoms with E-state index in [2.05, 4.69) is 309 Å². The number of benzene rings is 13. The molecule has 0 saturated heterocycles. The lowest BCUT2D eigenvalue weighted by atomic mass is 9.96. The SMILES string of the molecule is NC(=Nc1ccccc1Cc1ccc(-c2cccc3ccccc23)cc1)n1c2ccc(-c3ccc4c(c3)c3ccc5c6ccccc6n(-c6ccccc6)c5c3n4-c3ccccc3)cc2c2ccc3c4ccccc4n(-c4ccccc4)c3c21. The van der Waals surface area contributed by atoms with Gasteiger partial charge < -0.3 is 19.4 Å². The van der Waals surface area contributed by atoms with Crippen LogP contribution in [0.15, 0.2) is 296 Å². The number of fused-ring (bicyclic) bond motifs is 15. The molecule has 6 nitrogen and oxygen atoms in total. The standard InChI is InChI=1S/C78H52N6/c79-78(80-69-32-15-11-20-55(69)47-50-35-37-52(38-36-50)60-31-18-21-51-19-10-12-28-59(51)60)84-73-46-40-54(49-68(73)66-44-42-64-62-30-14-17-34-71(62)82(75(64)77(66)84)57-24-6-2-7-25-57)53-39-45-72-67(48-53)65-43-41-63-61-29-13-16-33-70(61)81(56-22-4-1-5-23-56)74(63)76(65)83(72)58-26-8-3-9-27-58/h1-46,48-49H,47H2,(H2,79,80). The number of nitrogens with two attached hydrogens (primary N) is 1. The Bertz CT molecular complexity index is 5500. The Morgan fingerprint density at radius 2 is 0.738 bits per heavy atom. The van der Waals surface area contributed by atoms with Crippen LogP contribution in [0, 0.1) is 0 Å². The third-order valence-electron chi connectivity index (χ3n) is 17.4. The monoisotopic (exact) mass is 1070 g/mol. The smallest absolute Gasteiger partial charge is 0.205 e. The van der Waals surface area contributed by atoms with Crippen molar-refractivity contribution in [2.24, 2.45) is 10.7 Å². The van der Waals surface area contributed by atoms with Crippen LogP contribution in [0.3, 0.4) is 0 Å². The van der Waals surface area contributed by atoms with E-state index in [9.17, 15) is 0 Å². The zero-order chi connectivity index (χ0) is 55.4. The van der Waals surface area contributed by atoms with Crippen LogP contribution in [0.2, 0.25) is 0 Å². The quantitative estimate of drug-likeness (QED) is 0.120. The van der Waals surface area contributed by atoms with Gasteiger partial charge in [0.2, 0.25) is 5.96 Å². The first-order valence-corrected chi connectivity index (χ1v) is 28.8. The summed E-state index contributed by atoms with van der Waals surface area (Å²) < 4.78 is 9.52. The normalized spacial score (nSPS) is 12.2. The molecule has 0 aliphatic heterocycles. The molecule has 13 aromatic carbocycles. The van der Waals surface area contributed by atoms with Crippen LogP contribution in [0.25, 0.3) is 137 Å². The summed E-state index contributed by atoms with van der Waals surface area (Å²) in [7, 11) is 0. The lowest BCUT2D eigenvalue weighted by molar-refractivity contribution is 1.15. The summed E-state index contributed by atoms with van der Waals surface area (Å²) in [6, 6.07) is 105. The molecule has 0 radical (unpaired) electrons. The molecule has 0 amide bonds. The minimum Gasteiger partial charge on any atom is -0.369 e. The van der Waals surface area contributed by atoms with E-state index in [-0.39, 0.29) is 0 Å². The zero-order valence-electron chi connectivity index (χ0n) is 45.7. The van der Waals surface area contributed by atoms with Crippen molar-refractivity contribution < 1.29 is 0 Å². The van der Waals surface area contributed by atoms with Crippen LogP contribution in [-0.4, -0.2) is 24.2 Å². The second-order valence-corrected chi connectivity index (χ2v) is 22.1. The van der Waals surface area contributed by atoms with Gasteiger partial charge in [0.25, 0.3) is 0 Å². The number of para-hydroxylation sites is 6. The van der Waals surface area contributed by atoms with Gasteiger partial charge in [-0.1, -0.05) is 212 Å². The van der Waals surface area contributed by atoms with E-state index < -0.39 is 0 Å². The van der Waals surface area contributed by atoms with E-state index in [1.54, 1.807) is 0 Å². The second-order valence-electron chi connectivity index (χ2n) is 22.1. The maximum Gasteiger partial charge on any atom is 0.205 e. The molecule has 394 valence electrons. The lowest BCUT2D eigenvalue weighted by Gasteiger charge is -2.13. The van der Waals surface area contributed by atoms with Gasteiger partial charge in [-0.2, -0.15) is 0 Å². The molecule has 4 aromatic heterocycles. The van der Waals surface area contributed by atoms with Crippen molar-refractivity contribution in [2.45, 2.75) is 6.42 Å². The first kappa shape index (κ1) is 47.6. The molecular weight excluding hydrogens is 1020 g/mol. The minimum absolute atomic E-state index is 0.397. The Balaban J connectivity index is 0.859. The van der Waals surface area contributed by atoms with Crippen LogP contribution < -0.4 is 5.73 Å². The van der Waals surface area contributed by atoms with Crippen LogP contribution in [-0.2, 0) is 6.42 Å². The Morgan fingerprint density at radius 1 is 0.310 bits per heavy atom. The molecule has 0 saturated carbocycles. The maximum absolute atomic E-state index is 7.60. The van der Waals surface area contributed by atoms with Crippen molar-refractivity contribution in [1.29, 1.82) is 0 Å². The second kappa shape index (κ2) is 18.9. The van der Waals surface area contributed by atoms with Gasteiger partial charge in [0.1, 0.15) is 0 Å². The predicted molar refractivity (Wildman–Crippen MR) is 353 cm³/mol. The van der Waals surface area contributed by atoms with Crippen molar-refractivity contribution in [3.05, 3.63) is 302 Å². The number of aromatic nitrogens is 4. The third kappa shape index (κ3) is 7.34. The number of nitrogens with zero attached hydrogens (tertiary/aromatic N) is 5. The van der Waals surface area contributed by atoms with Gasteiger partial charge in [-0.3, -0.25) is 4.57 Å². The van der Waals surface area contributed by atoms with E-state index in [4.69, 9.17) is 10.7 Å². The number of hydrogen-bond donors (Lipinski definition) is 1. The number of rotatable bonds is 8. The first-order chi connectivity index (χ1) is 41.6. The van der Waals surface area contributed by atoms with E-state index in [1.807, 2.05) is 0 Å². The Labute approximate surface area is 484 Å². The highest BCUT2D eigenvalue weighted by Crippen LogP contribution is 2.45. The number of aliphatic imine (C=N–C) groups is 1. The van der Waals surface area contributed by atoms with Gasteiger partial charge in [-0.05, 0) is 129 Å². The van der Waals surface area contributed by atoms with Crippen molar-refractivity contribution in [3.8, 4) is 39.3 Å². The molecule has 0 bridgehead atoms. The molecule has 2 N–H and O–H groups in total. The molecule has 17 rings (SSSR count). The molecule has 0 spiro atoms. The summed E-state index contributed by atoms with van der Waals surface area (Å²) in [5.74, 6) is 0.397. The van der Waals surface area contributed by atoms with E-state index >= 15 is 0 Å². The van der Waals surface area contributed by atoms with Crippen LogP contribution in [0.1, 0.15) is 11.1 Å². The van der Waals surface area contributed by atoms with E-state index in [0.29, 0.717) is 12.4 Å². The highest BCUT2D eigenvalue weighted by Gasteiger charge is 2.25. The van der Waals surface area contributed by atoms with Crippen LogP contribution in [0.5, 0.6) is 0 Å². The molecule has 0 fully saturated rings. The highest BCUT2D eigenvalue weighted by atomic mass is 15.2. The molecular formula is C78H52N6.